The van der Waals surface area contributed by atoms with Crippen molar-refractivity contribution < 1.29 is 0 Å². The Morgan fingerprint density at radius 1 is 1.46 bits per heavy atom. The van der Waals surface area contributed by atoms with Gasteiger partial charge in [0.1, 0.15) is 5.69 Å². The van der Waals surface area contributed by atoms with Crippen molar-refractivity contribution in [2.45, 2.75) is 0 Å². The molecule has 2 aliphatic heterocycles. The van der Waals surface area contributed by atoms with Gasteiger partial charge in [-0.25, -0.2) is 14.7 Å². The fourth-order valence-electron chi connectivity index (χ4n) is 0.986. The van der Waals surface area contributed by atoms with Gasteiger partial charge in [-0.05, 0) is 0 Å². The summed E-state index contributed by atoms with van der Waals surface area (Å²) in [5, 5.41) is 6.24. The third-order valence-electron chi connectivity index (χ3n) is 1.48. The molecule has 0 fully saturated rings. The second-order valence-corrected chi connectivity index (χ2v) is 2.45. The molecule has 0 saturated heterocycles. The number of hydrogen-bond donors (Lipinski definition) is 1. The van der Waals surface area contributed by atoms with Gasteiger partial charge in [-0.15, -0.1) is 0 Å². The maximum Gasteiger partial charge on any atom is 0.367 e. The second kappa shape index (κ2) is 2.47. The molecule has 0 aliphatic carbocycles. The van der Waals surface area contributed by atoms with E-state index in [0.717, 1.165) is 0 Å². The van der Waals surface area contributed by atoms with Crippen molar-refractivity contribution >= 4 is 0 Å². The summed E-state index contributed by atoms with van der Waals surface area (Å²) in [4.78, 5) is 30.0. The first kappa shape index (κ1) is 7.59. The molecule has 1 N–H and O–H groups in total. The number of hydrogen-bond acceptors (Lipinski definition) is 5. The van der Waals surface area contributed by atoms with Gasteiger partial charge in [0.15, 0.2) is 5.69 Å². The average molecular weight is 179 g/mol. The van der Waals surface area contributed by atoms with Crippen LogP contribution < -0.4 is 11.2 Å². The molecule has 0 aromatic heterocycles. The molecule has 13 heavy (non-hydrogen) atoms. The monoisotopic (exact) mass is 179 g/mol. The molecule has 0 atom stereocenters. The second-order valence-electron chi connectivity index (χ2n) is 2.45. The molecule has 2 rings (SSSR count). The summed E-state index contributed by atoms with van der Waals surface area (Å²) in [6, 6.07) is 0. The van der Waals surface area contributed by atoms with Gasteiger partial charge in [0.2, 0.25) is 0 Å². The smallest absolute Gasteiger partial charge is 0.265 e. The SMILES string of the molecule is Cn1nc2cnc(=O)nc-2c(=O)[nH]1. The topological polar surface area (TPSA) is 93.5 Å². The van der Waals surface area contributed by atoms with Gasteiger partial charge < -0.3 is 0 Å². The molecule has 0 amide bonds. The highest BCUT2D eigenvalue weighted by atomic mass is 16.1. The highest BCUT2D eigenvalue weighted by molar-refractivity contribution is 5.49. The maximum atomic E-state index is 11.2. The Morgan fingerprint density at radius 3 is 3.00 bits per heavy atom. The van der Waals surface area contributed by atoms with Crippen molar-refractivity contribution in [1.29, 1.82) is 0 Å². The zero-order chi connectivity index (χ0) is 9.42. The van der Waals surface area contributed by atoms with E-state index in [1.54, 1.807) is 7.05 Å². The third kappa shape index (κ3) is 1.19. The highest BCUT2D eigenvalue weighted by Gasteiger charge is 2.10. The third-order valence-corrected chi connectivity index (χ3v) is 1.48. The average Bonchev–Trinajstić information content (AvgIpc) is 2.06. The van der Waals surface area contributed by atoms with E-state index in [1.165, 1.54) is 11.0 Å². The lowest BCUT2D eigenvalue weighted by Crippen LogP contribution is -2.25. The van der Waals surface area contributed by atoms with Crippen molar-refractivity contribution in [2.75, 3.05) is 0 Å². The number of aromatic amines is 1. The van der Waals surface area contributed by atoms with Gasteiger partial charge in [0.25, 0.3) is 5.56 Å². The number of aromatic nitrogens is 5. The summed E-state index contributed by atoms with van der Waals surface area (Å²) in [6.07, 6.45) is 1.22. The van der Waals surface area contributed by atoms with Crippen molar-refractivity contribution in [2.24, 2.45) is 7.05 Å². The van der Waals surface area contributed by atoms with Crippen molar-refractivity contribution in [3.8, 4) is 11.4 Å². The van der Waals surface area contributed by atoms with Gasteiger partial charge in [-0.3, -0.25) is 4.79 Å². The molecule has 0 saturated carbocycles. The van der Waals surface area contributed by atoms with Crippen molar-refractivity contribution in [1.82, 2.24) is 25.0 Å². The number of aryl methyl sites for hydroxylation is 1. The number of fused-ring (bicyclic) bond motifs is 1. The van der Waals surface area contributed by atoms with Crippen LogP contribution in [0.5, 0.6) is 0 Å². The molecule has 0 spiro atoms. The predicted molar refractivity (Wildman–Crippen MR) is 42.3 cm³/mol. The minimum absolute atomic E-state index is 0.0121. The van der Waals surface area contributed by atoms with E-state index in [4.69, 9.17) is 0 Å². The number of nitrogens with one attached hydrogen (secondary N) is 1. The summed E-state index contributed by atoms with van der Waals surface area (Å²) < 4.78 is 0. The first-order valence-corrected chi connectivity index (χ1v) is 3.47. The lowest BCUT2D eigenvalue weighted by atomic mass is 10.3. The Bertz CT molecular complexity index is 527. The summed E-state index contributed by atoms with van der Waals surface area (Å²) in [5.74, 6) is 0. The van der Waals surface area contributed by atoms with Crippen LogP contribution >= 0.6 is 0 Å². The van der Waals surface area contributed by atoms with Gasteiger partial charge in [-0.1, -0.05) is 0 Å². The standard InChI is InChI=1S/C6H5N5O2/c1-11-9-3-2-7-6(13)8-4(3)5(12)10-11/h2H,1H3,(H,10,12). The van der Waals surface area contributed by atoms with E-state index in [9.17, 15) is 9.59 Å². The van der Waals surface area contributed by atoms with Crippen LogP contribution in [0.4, 0.5) is 0 Å². The van der Waals surface area contributed by atoms with Crippen LogP contribution in [0.3, 0.4) is 0 Å². The summed E-state index contributed by atoms with van der Waals surface area (Å²) in [7, 11) is 1.56. The molecule has 66 valence electrons. The van der Waals surface area contributed by atoms with E-state index in [2.05, 4.69) is 20.2 Å². The molecular formula is C6H5N5O2. The Hall–Kier alpha value is -2.05. The Labute approximate surface area is 71.4 Å². The van der Waals surface area contributed by atoms with Crippen LogP contribution in [0.2, 0.25) is 0 Å². The molecule has 7 nitrogen and oxygen atoms in total. The van der Waals surface area contributed by atoms with E-state index in [-0.39, 0.29) is 5.69 Å². The van der Waals surface area contributed by atoms with Gasteiger partial charge in [0.05, 0.1) is 6.20 Å². The molecule has 0 aromatic carbocycles. The molecule has 7 heteroatoms. The molecule has 0 radical (unpaired) electrons. The van der Waals surface area contributed by atoms with Crippen LogP contribution in [-0.4, -0.2) is 25.0 Å². The fraction of sp³-hybridized carbons (Fsp3) is 0.167. The molecule has 0 aromatic rings. The molecule has 2 aliphatic rings. The number of H-pyrrole nitrogens is 1. The van der Waals surface area contributed by atoms with Gasteiger partial charge >= 0.3 is 5.69 Å². The van der Waals surface area contributed by atoms with Crippen LogP contribution in [0, 0.1) is 0 Å². The molecule has 0 bridgehead atoms. The van der Waals surface area contributed by atoms with E-state index < -0.39 is 11.2 Å². The van der Waals surface area contributed by atoms with Crippen molar-refractivity contribution in [3.63, 3.8) is 0 Å². The first-order valence-electron chi connectivity index (χ1n) is 3.47. The van der Waals surface area contributed by atoms with Crippen LogP contribution in [0.15, 0.2) is 15.8 Å². The van der Waals surface area contributed by atoms with Crippen LogP contribution in [-0.2, 0) is 7.05 Å². The van der Waals surface area contributed by atoms with Crippen molar-refractivity contribution in [3.05, 3.63) is 27.0 Å². The van der Waals surface area contributed by atoms with E-state index in [1.807, 2.05) is 0 Å². The van der Waals surface area contributed by atoms with E-state index in [0.29, 0.717) is 5.69 Å². The Morgan fingerprint density at radius 2 is 2.23 bits per heavy atom. The zero-order valence-corrected chi connectivity index (χ0v) is 6.68. The normalized spacial score (nSPS) is 10.5. The van der Waals surface area contributed by atoms with Crippen LogP contribution in [0.25, 0.3) is 11.4 Å². The number of nitrogens with zero attached hydrogens (tertiary/aromatic N) is 4. The Balaban J connectivity index is 2.95. The molecule has 2 heterocycles. The maximum absolute atomic E-state index is 11.2. The lowest BCUT2D eigenvalue weighted by molar-refractivity contribution is 0.602. The molecular weight excluding hydrogens is 174 g/mol. The summed E-state index contributed by atoms with van der Waals surface area (Å²) in [5.41, 5.74) is -0.829. The minimum atomic E-state index is -0.686. The minimum Gasteiger partial charge on any atom is -0.265 e. The number of rotatable bonds is 0. The summed E-state index contributed by atoms with van der Waals surface area (Å²) in [6.45, 7) is 0. The van der Waals surface area contributed by atoms with Gasteiger partial charge in [-0.2, -0.15) is 15.1 Å². The Kier molecular flexibility index (Phi) is 1.44. The fourth-order valence-corrected chi connectivity index (χ4v) is 0.986. The summed E-state index contributed by atoms with van der Waals surface area (Å²) >= 11 is 0. The lowest BCUT2D eigenvalue weighted by Gasteiger charge is -2.01. The van der Waals surface area contributed by atoms with Crippen LogP contribution in [0.1, 0.15) is 0 Å². The highest BCUT2D eigenvalue weighted by Crippen LogP contribution is 2.03. The quantitative estimate of drug-likeness (QED) is 0.523. The van der Waals surface area contributed by atoms with E-state index >= 15 is 0 Å². The predicted octanol–water partition coefficient (Wildman–Crippen LogP) is -1.64. The first-order chi connectivity index (χ1) is 6.16. The zero-order valence-electron chi connectivity index (χ0n) is 6.68. The largest absolute Gasteiger partial charge is 0.367 e. The van der Waals surface area contributed by atoms with Gasteiger partial charge in [0, 0.05) is 7.05 Å². The molecule has 0 unspecified atom stereocenters.